The predicted octanol–water partition coefficient (Wildman–Crippen LogP) is 0.315. The summed E-state index contributed by atoms with van der Waals surface area (Å²) in [4.78, 5) is 22.7. The van der Waals surface area contributed by atoms with Crippen molar-refractivity contribution < 1.29 is 22.7 Å². The third-order valence-electron chi connectivity index (χ3n) is 2.32. The molecule has 10 heteroatoms. The molecule has 0 fully saturated rings. The third-order valence-corrected chi connectivity index (χ3v) is 5.82. The smallest absolute Gasteiger partial charge is 0.321 e. The van der Waals surface area contributed by atoms with Crippen molar-refractivity contribution in [2.45, 2.75) is 4.21 Å². The van der Waals surface area contributed by atoms with E-state index in [4.69, 9.17) is 18.0 Å². The van der Waals surface area contributed by atoms with Gasteiger partial charge < -0.3 is 10.1 Å². The summed E-state index contributed by atoms with van der Waals surface area (Å²) in [5.74, 6) is 0.764. The van der Waals surface area contributed by atoms with Crippen LogP contribution in [0.5, 0.6) is 0 Å². The zero-order valence-electron chi connectivity index (χ0n) is 11.5. The van der Waals surface area contributed by atoms with Gasteiger partial charge in [0.15, 0.2) is 6.61 Å². The van der Waals surface area contributed by atoms with Crippen molar-refractivity contribution in [3.63, 3.8) is 0 Å². The molecule has 1 aromatic rings. The second kappa shape index (κ2) is 8.14. The van der Waals surface area contributed by atoms with Crippen molar-refractivity contribution in [1.29, 1.82) is 0 Å². The summed E-state index contributed by atoms with van der Waals surface area (Å²) < 4.78 is 30.1. The third kappa shape index (κ3) is 5.31. The van der Waals surface area contributed by atoms with E-state index in [0.717, 1.165) is 15.6 Å². The second-order valence-electron chi connectivity index (χ2n) is 3.96. The number of likely N-dealkylation sites (N-methyl/N-ethyl adjacent to an activating group) is 1. The van der Waals surface area contributed by atoms with Crippen molar-refractivity contribution in [3.8, 4) is 12.3 Å². The average molecular weight is 365 g/mol. The zero-order valence-corrected chi connectivity index (χ0v) is 13.9. The fourth-order valence-electron chi connectivity index (χ4n) is 1.25. The molecule has 0 aliphatic rings. The lowest BCUT2D eigenvalue weighted by Crippen LogP contribution is -2.35. The summed E-state index contributed by atoms with van der Waals surface area (Å²) in [5.41, 5.74) is 0. The first kappa shape index (κ1) is 18.4. The molecule has 7 nitrogen and oxygen atoms in total. The lowest BCUT2D eigenvalue weighted by molar-refractivity contribution is -0.148. The van der Waals surface area contributed by atoms with Crippen molar-refractivity contribution in [2.75, 3.05) is 26.7 Å². The minimum absolute atomic E-state index is 0.0135. The molecule has 22 heavy (non-hydrogen) atoms. The van der Waals surface area contributed by atoms with Crippen LogP contribution < -0.4 is 5.32 Å². The van der Waals surface area contributed by atoms with E-state index in [9.17, 15) is 18.0 Å². The van der Waals surface area contributed by atoms with Crippen LogP contribution in [0.1, 0.15) is 0 Å². The van der Waals surface area contributed by atoms with Crippen molar-refractivity contribution in [2.24, 2.45) is 0 Å². The van der Waals surface area contributed by atoms with Gasteiger partial charge in [-0.05, 0) is 12.1 Å². The Balaban J connectivity index is 2.54. The van der Waals surface area contributed by atoms with Gasteiger partial charge in [-0.1, -0.05) is 17.5 Å². The van der Waals surface area contributed by atoms with E-state index in [1.165, 1.54) is 19.2 Å². The van der Waals surface area contributed by atoms with Crippen LogP contribution in [0.3, 0.4) is 0 Å². The lowest BCUT2D eigenvalue weighted by Gasteiger charge is -2.15. The number of amides is 1. The SMILES string of the molecule is C#CCNC(=O)COC(=O)CN(C)S(=O)(=O)c1ccc(Cl)s1. The highest BCUT2D eigenvalue weighted by atomic mass is 35.5. The second-order valence-corrected chi connectivity index (χ2v) is 7.95. The molecule has 120 valence electrons. The van der Waals surface area contributed by atoms with Crippen LogP contribution in [0.25, 0.3) is 0 Å². The number of carbonyl (C=O) groups is 2. The van der Waals surface area contributed by atoms with Gasteiger partial charge in [0.25, 0.3) is 15.9 Å². The fourth-order valence-corrected chi connectivity index (χ4v) is 4.06. The van der Waals surface area contributed by atoms with E-state index in [0.29, 0.717) is 4.34 Å². The maximum absolute atomic E-state index is 12.1. The van der Waals surface area contributed by atoms with Crippen LogP contribution in [-0.4, -0.2) is 51.3 Å². The molecule has 0 aliphatic heterocycles. The van der Waals surface area contributed by atoms with Gasteiger partial charge in [-0.25, -0.2) is 8.42 Å². The van der Waals surface area contributed by atoms with E-state index in [1.807, 2.05) is 0 Å². The van der Waals surface area contributed by atoms with Gasteiger partial charge in [-0.3, -0.25) is 9.59 Å². The van der Waals surface area contributed by atoms with Gasteiger partial charge in [-0.15, -0.1) is 17.8 Å². The molecule has 0 saturated heterocycles. The van der Waals surface area contributed by atoms with E-state index in [2.05, 4.69) is 16.0 Å². The number of sulfonamides is 1. The molecule has 0 spiro atoms. The molecule has 0 atom stereocenters. The Kier molecular flexibility index (Phi) is 6.83. The number of nitrogens with one attached hydrogen (secondary N) is 1. The Bertz CT molecular complexity index is 693. The highest BCUT2D eigenvalue weighted by Crippen LogP contribution is 2.27. The molecular formula is C12H13ClN2O5S2. The van der Waals surface area contributed by atoms with Crippen molar-refractivity contribution >= 4 is 44.8 Å². The number of carbonyl (C=O) groups excluding carboxylic acids is 2. The van der Waals surface area contributed by atoms with E-state index < -0.39 is 35.1 Å². The lowest BCUT2D eigenvalue weighted by atomic mass is 10.5. The highest BCUT2D eigenvalue weighted by molar-refractivity contribution is 7.91. The molecular weight excluding hydrogens is 352 g/mol. The molecule has 0 aliphatic carbocycles. The quantitative estimate of drug-likeness (QED) is 0.555. The number of rotatable bonds is 7. The van der Waals surface area contributed by atoms with Gasteiger partial charge >= 0.3 is 5.97 Å². The largest absolute Gasteiger partial charge is 0.455 e. The molecule has 0 bridgehead atoms. The van der Waals surface area contributed by atoms with Crippen LogP contribution in [-0.2, 0) is 24.3 Å². The monoisotopic (exact) mass is 364 g/mol. The number of terminal acetylenes is 1. The standard InChI is InChI=1S/C12H13ClN2O5S2/c1-3-6-14-10(16)8-20-11(17)7-15(2)22(18,19)12-5-4-9(13)21-12/h1,4-5H,6-8H2,2H3,(H,14,16). The molecule has 1 rings (SSSR count). The normalized spacial score (nSPS) is 11.0. The number of hydrogen-bond acceptors (Lipinski definition) is 6. The molecule has 1 aromatic heterocycles. The molecule has 0 radical (unpaired) electrons. The number of nitrogens with zero attached hydrogens (tertiary/aromatic N) is 1. The Morgan fingerprint density at radius 3 is 2.73 bits per heavy atom. The Morgan fingerprint density at radius 2 is 2.18 bits per heavy atom. The maximum atomic E-state index is 12.1. The first-order valence-corrected chi connectivity index (χ1v) is 8.48. The van der Waals surface area contributed by atoms with Crippen molar-refractivity contribution in [1.82, 2.24) is 9.62 Å². The van der Waals surface area contributed by atoms with Gasteiger partial charge in [0, 0.05) is 7.05 Å². The molecule has 1 heterocycles. The number of esters is 1. The predicted molar refractivity (Wildman–Crippen MR) is 81.9 cm³/mol. The summed E-state index contributed by atoms with van der Waals surface area (Å²) >= 11 is 6.57. The Morgan fingerprint density at radius 1 is 1.50 bits per heavy atom. The summed E-state index contributed by atoms with van der Waals surface area (Å²) in [6.45, 7) is -1.04. The number of ether oxygens (including phenoxy) is 1. The number of halogens is 1. The molecule has 0 unspecified atom stereocenters. The summed E-state index contributed by atoms with van der Waals surface area (Å²) in [7, 11) is -2.60. The van der Waals surface area contributed by atoms with Crippen LogP contribution >= 0.6 is 22.9 Å². The van der Waals surface area contributed by atoms with Crippen LogP contribution in [0.15, 0.2) is 16.3 Å². The number of thiophene rings is 1. The topological polar surface area (TPSA) is 92.8 Å². The average Bonchev–Trinajstić information content (AvgIpc) is 2.90. The van der Waals surface area contributed by atoms with E-state index >= 15 is 0 Å². The number of hydrogen-bond donors (Lipinski definition) is 1. The van der Waals surface area contributed by atoms with Gasteiger partial charge in [0.05, 0.1) is 10.9 Å². The molecule has 0 saturated carbocycles. The Hall–Kier alpha value is -1.60. The van der Waals surface area contributed by atoms with Gasteiger partial charge in [-0.2, -0.15) is 4.31 Å². The highest BCUT2D eigenvalue weighted by Gasteiger charge is 2.25. The minimum Gasteiger partial charge on any atom is -0.455 e. The minimum atomic E-state index is -3.83. The van der Waals surface area contributed by atoms with Gasteiger partial charge in [0.2, 0.25) is 0 Å². The fraction of sp³-hybridized carbons (Fsp3) is 0.333. The van der Waals surface area contributed by atoms with Crippen LogP contribution in [0.2, 0.25) is 4.34 Å². The summed E-state index contributed by atoms with van der Waals surface area (Å²) in [6.07, 6.45) is 4.95. The summed E-state index contributed by atoms with van der Waals surface area (Å²) in [5, 5.41) is 2.30. The summed E-state index contributed by atoms with van der Waals surface area (Å²) in [6, 6.07) is 2.79. The Labute approximate surface area is 137 Å². The molecule has 1 N–H and O–H groups in total. The maximum Gasteiger partial charge on any atom is 0.321 e. The zero-order chi connectivity index (χ0) is 16.8. The molecule has 1 amide bonds. The van der Waals surface area contributed by atoms with E-state index in [1.54, 1.807) is 0 Å². The van der Waals surface area contributed by atoms with Crippen LogP contribution in [0, 0.1) is 12.3 Å². The van der Waals surface area contributed by atoms with Crippen LogP contribution in [0.4, 0.5) is 0 Å². The van der Waals surface area contributed by atoms with Gasteiger partial charge in [0.1, 0.15) is 10.8 Å². The van der Waals surface area contributed by atoms with Crippen molar-refractivity contribution in [3.05, 3.63) is 16.5 Å². The first-order valence-electron chi connectivity index (χ1n) is 5.85. The molecule has 0 aromatic carbocycles. The first-order chi connectivity index (χ1) is 10.3. The van der Waals surface area contributed by atoms with E-state index in [-0.39, 0.29) is 10.8 Å².